The number of hydrogen-bond donors (Lipinski definition) is 1. The molecule has 3 heterocycles. The van der Waals surface area contributed by atoms with Crippen molar-refractivity contribution < 1.29 is 13.2 Å². The van der Waals surface area contributed by atoms with Gasteiger partial charge in [0.25, 0.3) is 0 Å². The summed E-state index contributed by atoms with van der Waals surface area (Å²) in [4.78, 5) is 6.13. The van der Waals surface area contributed by atoms with Gasteiger partial charge < -0.3 is 10.2 Å². The van der Waals surface area contributed by atoms with Gasteiger partial charge in [0.2, 0.25) is 0 Å². The quantitative estimate of drug-likeness (QED) is 0.783. The molecule has 0 radical (unpaired) electrons. The van der Waals surface area contributed by atoms with Gasteiger partial charge in [-0.3, -0.25) is 0 Å². The first-order valence-corrected chi connectivity index (χ1v) is 6.20. The van der Waals surface area contributed by atoms with Crippen molar-refractivity contribution in [3.8, 4) is 0 Å². The van der Waals surface area contributed by atoms with Gasteiger partial charge in [0, 0.05) is 31.4 Å². The van der Waals surface area contributed by atoms with Crippen LogP contribution in [0.3, 0.4) is 0 Å². The van der Waals surface area contributed by atoms with Crippen molar-refractivity contribution in [3.63, 3.8) is 0 Å². The van der Waals surface area contributed by atoms with E-state index in [1.54, 1.807) is 0 Å². The van der Waals surface area contributed by atoms with Crippen LogP contribution in [0.4, 0.5) is 19.0 Å². The number of aromatic nitrogens is 1. The van der Waals surface area contributed by atoms with E-state index in [-0.39, 0.29) is 6.04 Å². The largest absolute Gasteiger partial charge is 0.417 e. The van der Waals surface area contributed by atoms with E-state index in [0.29, 0.717) is 11.4 Å². The van der Waals surface area contributed by atoms with Crippen LogP contribution in [-0.4, -0.2) is 30.7 Å². The topological polar surface area (TPSA) is 28.2 Å². The molecule has 0 unspecified atom stereocenters. The predicted molar refractivity (Wildman–Crippen MR) is 66.9 cm³/mol. The highest BCUT2D eigenvalue weighted by molar-refractivity contribution is 5.78. The number of allylic oxidation sites excluding steroid dienone is 1. The minimum atomic E-state index is -4.34. The molecular formula is C13H14F3N3. The molecule has 3 nitrogen and oxygen atoms in total. The smallest absolute Gasteiger partial charge is 0.347 e. The van der Waals surface area contributed by atoms with Gasteiger partial charge in [0.1, 0.15) is 5.82 Å². The maximum atomic E-state index is 12.7. The lowest BCUT2D eigenvalue weighted by molar-refractivity contribution is -0.137. The summed E-state index contributed by atoms with van der Waals surface area (Å²) in [5.74, 6) is 0.666. The molecule has 0 amide bonds. The number of nitrogens with one attached hydrogen (secondary N) is 1. The molecular weight excluding hydrogens is 255 g/mol. The summed E-state index contributed by atoms with van der Waals surface area (Å²) in [6.07, 6.45) is -1.41. The second-order valence-electron chi connectivity index (χ2n) is 4.91. The van der Waals surface area contributed by atoms with Gasteiger partial charge in [0.05, 0.1) is 11.6 Å². The Morgan fingerprint density at radius 3 is 2.95 bits per heavy atom. The van der Waals surface area contributed by atoms with Crippen LogP contribution in [0.25, 0.3) is 5.57 Å². The molecule has 1 fully saturated rings. The molecule has 1 aromatic heterocycles. The number of nitrogens with zero attached hydrogens (tertiary/aromatic N) is 2. The van der Waals surface area contributed by atoms with Crippen LogP contribution < -0.4 is 10.2 Å². The number of alkyl halides is 3. The Bertz CT molecular complexity index is 536. The second-order valence-corrected chi connectivity index (χ2v) is 4.91. The summed E-state index contributed by atoms with van der Waals surface area (Å²) in [7, 11) is 0. The van der Waals surface area contributed by atoms with E-state index in [9.17, 15) is 13.2 Å². The zero-order chi connectivity index (χ0) is 13.6. The fourth-order valence-electron chi connectivity index (χ4n) is 2.65. The maximum Gasteiger partial charge on any atom is 0.417 e. The third-order valence-electron chi connectivity index (χ3n) is 3.62. The minimum Gasteiger partial charge on any atom is -0.347 e. The first-order valence-electron chi connectivity index (χ1n) is 6.20. The van der Waals surface area contributed by atoms with E-state index < -0.39 is 11.7 Å². The average Bonchev–Trinajstić information content (AvgIpc) is 2.37. The number of anilines is 1. The molecule has 2 aliphatic rings. The summed E-state index contributed by atoms with van der Waals surface area (Å²) < 4.78 is 38.2. The maximum absolute atomic E-state index is 12.7. The van der Waals surface area contributed by atoms with Crippen molar-refractivity contribution in [2.75, 3.05) is 24.5 Å². The molecule has 2 aliphatic heterocycles. The van der Waals surface area contributed by atoms with Crippen LogP contribution in [0.15, 0.2) is 18.3 Å². The number of rotatable bonds is 0. The number of piperazine rings is 1. The molecule has 3 rings (SSSR count). The first-order chi connectivity index (χ1) is 8.97. The van der Waals surface area contributed by atoms with Crippen molar-refractivity contribution >= 4 is 11.4 Å². The van der Waals surface area contributed by atoms with E-state index in [1.807, 2.05) is 13.0 Å². The summed E-state index contributed by atoms with van der Waals surface area (Å²) in [5, 5.41) is 3.28. The number of halogens is 3. The Balaban J connectivity index is 2.07. The van der Waals surface area contributed by atoms with Crippen molar-refractivity contribution in [2.24, 2.45) is 0 Å². The second kappa shape index (κ2) is 4.23. The van der Waals surface area contributed by atoms with Crippen LogP contribution >= 0.6 is 0 Å². The molecule has 1 saturated heterocycles. The third-order valence-corrected chi connectivity index (χ3v) is 3.62. The molecule has 1 aromatic rings. The van der Waals surface area contributed by atoms with Gasteiger partial charge in [-0.2, -0.15) is 13.2 Å². The van der Waals surface area contributed by atoms with Crippen molar-refractivity contribution in [1.82, 2.24) is 10.3 Å². The van der Waals surface area contributed by atoms with Crippen molar-refractivity contribution in [3.05, 3.63) is 29.5 Å². The standard InChI is InChI=1S/C13H14F3N3/c1-8-4-10-7-17-2-3-19(10)12-11(8)5-9(6-18-12)13(14,15)16/h4-6,10,17H,2-3,7H2,1H3/t10-/m1/s1. The minimum absolute atomic E-state index is 0.186. The number of pyridine rings is 1. The fourth-order valence-corrected chi connectivity index (χ4v) is 2.65. The molecule has 0 aliphatic carbocycles. The van der Waals surface area contributed by atoms with E-state index in [2.05, 4.69) is 15.2 Å². The Hall–Kier alpha value is -1.56. The summed E-state index contributed by atoms with van der Waals surface area (Å²) >= 11 is 0. The van der Waals surface area contributed by atoms with Crippen LogP contribution in [0.1, 0.15) is 18.1 Å². The molecule has 1 atom stereocenters. The van der Waals surface area contributed by atoms with Gasteiger partial charge in [-0.1, -0.05) is 6.08 Å². The number of hydrogen-bond acceptors (Lipinski definition) is 3. The molecule has 102 valence electrons. The summed E-state index contributed by atoms with van der Waals surface area (Å²) in [5.41, 5.74) is 0.763. The molecule has 0 aromatic carbocycles. The lowest BCUT2D eigenvalue weighted by Gasteiger charge is -2.39. The zero-order valence-electron chi connectivity index (χ0n) is 10.5. The predicted octanol–water partition coefficient (Wildman–Crippen LogP) is 2.30. The van der Waals surface area contributed by atoms with Gasteiger partial charge in [-0.15, -0.1) is 0 Å². The third kappa shape index (κ3) is 2.10. The fraction of sp³-hybridized carbons (Fsp3) is 0.462. The Morgan fingerprint density at radius 2 is 2.21 bits per heavy atom. The first kappa shape index (κ1) is 12.5. The molecule has 6 heteroatoms. The van der Waals surface area contributed by atoms with E-state index >= 15 is 0 Å². The van der Waals surface area contributed by atoms with E-state index in [1.165, 1.54) is 6.07 Å². The number of fused-ring (bicyclic) bond motifs is 3. The molecule has 0 saturated carbocycles. The van der Waals surface area contributed by atoms with Gasteiger partial charge >= 0.3 is 6.18 Å². The van der Waals surface area contributed by atoms with Crippen LogP contribution in [0, 0.1) is 0 Å². The summed E-state index contributed by atoms with van der Waals surface area (Å²) in [6.45, 7) is 4.23. The SMILES string of the molecule is CC1=C[C@@H]2CNCCN2c2ncc(C(F)(F)F)cc21. The van der Waals surface area contributed by atoms with Crippen LogP contribution in [0.5, 0.6) is 0 Å². The molecule has 1 N–H and O–H groups in total. The molecule has 0 bridgehead atoms. The Kier molecular flexibility index (Phi) is 2.78. The Morgan fingerprint density at radius 1 is 1.42 bits per heavy atom. The molecule has 19 heavy (non-hydrogen) atoms. The summed E-state index contributed by atoms with van der Waals surface area (Å²) in [6, 6.07) is 1.39. The normalized spacial score (nSPS) is 22.6. The van der Waals surface area contributed by atoms with E-state index in [4.69, 9.17) is 0 Å². The van der Waals surface area contributed by atoms with E-state index in [0.717, 1.165) is 31.4 Å². The highest BCUT2D eigenvalue weighted by Gasteiger charge is 2.34. The van der Waals surface area contributed by atoms with Crippen molar-refractivity contribution in [1.29, 1.82) is 0 Å². The van der Waals surface area contributed by atoms with Gasteiger partial charge in [0.15, 0.2) is 0 Å². The van der Waals surface area contributed by atoms with Crippen molar-refractivity contribution in [2.45, 2.75) is 19.1 Å². The monoisotopic (exact) mass is 269 g/mol. The highest BCUT2D eigenvalue weighted by atomic mass is 19.4. The highest BCUT2D eigenvalue weighted by Crippen LogP contribution is 2.37. The average molecular weight is 269 g/mol. The molecule has 0 spiro atoms. The lowest BCUT2D eigenvalue weighted by atomic mass is 9.97. The van der Waals surface area contributed by atoms with Crippen LogP contribution in [-0.2, 0) is 6.18 Å². The van der Waals surface area contributed by atoms with Crippen LogP contribution in [0.2, 0.25) is 0 Å². The lowest BCUT2D eigenvalue weighted by Crippen LogP contribution is -2.52. The van der Waals surface area contributed by atoms with Gasteiger partial charge in [-0.25, -0.2) is 4.98 Å². The van der Waals surface area contributed by atoms with Gasteiger partial charge in [-0.05, 0) is 18.6 Å². The zero-order valence-corrected chi connectivity index (χ0v) is 10.5. The Labute approximate surface area is 109 Å².